The molecule has 7 nitrogen and oxygen atoms in total. The van der Waals surface area contributed by atoms with Gasteiger partial charge in [0.05, 0.1) is 31.9 Å². The van der Waals surface area contributed by atoms with E-state index in [1.165, 1.54) is 14.2 Å². The topological polar surface area (TPSA) is 84.9 Å². The van der Waals surface area contributed by atoms with Crippen molar-refractivity contribution in [3.63, 3.8) is 0 Å². The minimum Gasteiger partial charge on any atom is -0.497 e. The molecule has 0 unspecified atom stereocenters. The van der Waals surface area contributed by atoms with Crippen LogP contribution in [-0.4, -0.2) is 40.8 Å². The summed E-state index contributed by atoms with van der Waals surface area (Å²) in [6.07, 6.45) is 1.32. The zero-order valence-electron chi connectivity index (χ0n) is 16.1. The molecule has 0 fully saturated rings. The molecule has 2 aromatic rings. The lowest BCUT2D eigenvalue weighted by atomic mass is 10.1. The smallest absolute Gasteiger partial charge is 0.248 e. The van der Waals surface area contributed by atoms with E-state index in [0.717, 1.165) is 10.6 Å². The fourth-order valence-electron chi connectivity index (χ4n) is 2.78. The van der Waals surface area contributed by atoms with E-state index in [0.29, 0.717) is 27.9 Å². The molecule has 0 aliphatic heterocycles. The fourth-order valence-corrected chi connectivity index (χ4v) is 4.17. The maximum atomic E-state index is 13.0. The van der Waals surface area contributed by atoms with Crippen LogP contribution >= 0.6 is 11.6 Å². The Labute approximate surface area is 170 Å². The lowest BCUT2D eigenvalue weighted by molar-refractivity contribution is -0.117. The van der Waals surface area contributed by atoms with Gasteiger partial charge in [0, 0.05) is 5.02 Å². The number of rotatable bonds is 8. The third-order valence-electron chi connectivity index (χ3n) is 4.08. The third kappa shape index (κ3) is 5.08. The van der Waals surface area contributed by atoms with Crippen molar-refractivity contribution in [2.45, 2.75) is 19.4 Å². The molecule has 1 atom stereocenters. The molecule has 0 heterocycles. The third-order valence-corrected chi connectivity index (χ3v) is 5.49. The van der Waals surface area contributed by atoms with Crippen LogP contribution < -0.4 is 19.1 Å². The number of hydrogen-bond acceptors (Lipinski definition) is 5. The van der Waals surface area contributed by atoms with Crippen molar-refractivity contribution in [2.75, 3.05) is 30.1 Å². The van der Waals surface area contributed by atoms with Crippen LogP contribution in [0.4, 0.5) is 11.4 Å². The largest absolute Gasteiger partial charge is 0.497 e. The van der Waals surface area contributed by atoms with Crippen molar-refractivity contribution in [3.8, 4) is 11.5 Å². The molecular weight excluding hydrogens is 404 g/mol. The number of halogens is 1. The average Bonchev–Trinajstić information content (AvgIpc) is 2.65. The molecule has 0 radical (unpaired) electrons. The zero-order chi connectivity index (χ0) is 20.9. The van der Waals surface area contributed by atoms with Gasteiger partial charge in [-0.3, -0.25) is 9.10 Å². The number of anilines is 2. The fraction of sp³-hybridized carbons (Fsp3) is 0.316. The van der Waals surface area contributed by atoms with Gasteiger partial charge in [0.15, 0.2) is 0 Å². The van der Waals surface area contributed by atoms with Crippen LogP contribution in [0.1, 0.15) is 13.3 Å². The van der Waals surface area contributed by atoms with E-state index in [9.17, 15) is 13.2 Å². The maximum Gasteiger partial charge on any atom is 0.248 e. The molecule has 9 heteroatoms. The first-order valence-corrected chi connectivity index (χ1v) is 10.7. The number of carbonyl (C=O) groups is 1. The molecule has 0 spiro atoms. The van der Waals surface area contributed by atoms with Crippen LogP contribution in [0.25, 0.3) is 0 Å². The average molecular weight is 427 g/mol. The Balaban J connectivity index is 2.40. The quantitative estimate of drug-likeness (QED) is 0.697. The Morgan fingerprint density at radius 3 is 2.29 bits per heavy atom. The first kappa shape index (κ1) is 21.8. The maximum absolute atomic E-state index is 13.0. The first-order valence-electron chi connectivity index (χ1n) is 8.49. The Morgan fingerprint density at radius 1 is 1.14 bits per heavy atom. The normalized spacial score (nSPS) is 12.2. The molecule has 0 saturated heterocycles. The van der Waals surface area contributed by atoms with Gasteiger partial charge in [0.1, 0.15) is 17.5 Å². The summed E-state index contributed by atoms with van der Waals surface area (Å²) in [5.41, 5.74) is 0.727. The van der Waals surface area contributed by atoms with Gasteiger partial charge in [0.2, 0.25) is 15.9 Å². The number of methoxy groups -OCH3 is 2. The molecule has 2 aromatic carbocycles. The lowest BCUT2D eigenvalue weighted by Gasteiger charge is -2.30. The standard InChI is InChI=1S/C19H23ClN2O5S/c1-5-17(19(23)21-16-12-13(20)6-11-18(16)27-3)22(28(4,24)25)14-7-9-15(26-2)10-8-14/h6-12,17H,5H2,1-4H3,(H,21,23)/t17-/m1/s1. The van der Waals surface area contributed by atoms with Crippen molar-refractivity contribution in [1.29, 1.82) is 0 Å². The second-order valence-corrected chi connectivity index (χ2v) is 8.31. The van der Waals surface area contributed by atoms with Crippen molar-refractivity contribution in [3.05, 3.63) is 47.5 Å². The van der Waals surface area contributed by atoms with E-state index in [-0.39, 0.29) is 6.42 Å². The Hall–Kier alpha value is -2.45. The zero-order valence-corrected chi connectivity index (χ0v) is 17.7. The molecule has 2 rings (SSSR count). The molecule has 1 N–H and O–H groups in total. The summed E-state index contributed by atoms with van der Waals surface area (Å²) >= 11 is 6.01. The van der Waals surface area contributed by atoms with Crippen LogP contribution in [0.15, 0.2) is 42.5 Å². The minimum atomic E-state index is -3.74. The van der Waals surface area contributed by atoms with E-state index in [2.05, 4.69) is 5.32 Å². The number of amides is 1. The molecule has 0 aliphatic carbocycles. The SMILES string of the molecule is CC[C@H](C(=O)Nc1cc(Cl)ccc1OC)N(c1ccc(OC)cc1)S(C)(=O)=O. The van der Waals surface area contributed by atoms with Crippen molar-refractivity contribution in [1.82, 2.24) is 0 Å². The molecule has 0 aromatic heterocycles. The summed E-state index contributed by atoms with van der Waals surface area (Å²) in [6.45, 7) is 1.74. The van der Waals surface area contributed by atoms with Gasteiger partial charge in [-0.05, 0) is 48.9 Å². The highest BCUT2D eigenvalue weighted by Crippen LogP contribution is 2.30. The van der Waals surface area contributed by atoms with Crippen LogP contribution in [0.5, 0.6) is 11.5 Å². The number of ether oxygens (including phenoxy) is 2. The predicted molar refractivity (Wildman–Crippen MR) is 111 cm³/mol. The Bertz CT molecular complexity index is 932. The Kier molecular flexibility index (Phi) is 7.15. The molecule has 28 heavy (non-hydrogen) atoms. The summed E-state index contributed by atoms with van der Waals surface area (Å²) < 4.78 is 36.4. The first-order chi connectivity index (χ1) is 13.2. The number of benzene rings is 2. The molecule has 152 valence electrons. The van der Waals surface area contributed by atoms with Crippen LogP contribution in [-0.2, 0) is 14.8 Å². The molecular formula is C19H23ClN2O5S. The van der Waals surface area contributed by atoms with Crippen molar-refractivity contribution < 1.29 is 22.7 Å². The number of nitrogens with zero attached hydrogens (tertiary/aromatic N) is 1. The molecule has 0 bridgehead atoms. The van der Waals surface area contributed by atoms with Crippen LogP contribution in [0.2, 0.25) is 5.02 Å². The highest BCUT2D eigenvalue weighted by Gasteiger charge is 2.32. The second kappa shape index (κ2) is 9.16. The summed E-state index contributed by atoms with van der Waals surface area (Å²) in [4.78, 5) is 13.0. The van der Waals surface area contributed by atoms with Gasteiger partial charge in [0.25, 0.3) is 0 Å². The van der Waals surface area contributed by atoms with Crippen LogP contribution in [0, 0.1) is 0 Å². The summed E-state index contributed by atoms with van der Waals surface area (Å²) in [5.74, 6) is 0.505. The highest BCUT2D eigenvalue weighted by molar-refractivity contribution is 7.92. The van der Waals surface area contributed by atoms with Crippen molar-refractivity contribution in [2.24, 2.45) is 0 Å². The molecule has 0 saturated carbocycles. The number of nitrogens with one attached hydrogen (secondary N) is 1. The predicted octanol–water partition coefficient (Wildman–Crippen LogP) is 3.54. The van der Waals surface area contributed by atoms with E-state index in [1.54, 1.807) is 49.4 Å². The number of hydrogen-bond donors (Lipinski definition) is 1. The summed E-state index contributed by atoms with van der Waals surface area (Å²) in [7, 11) is -0.749. The summed E-state index contributed by atoms with van der Waals surface area (Å²) in [5, 5.41) is 3.13. The lowest BCUT2D eigenvalue weighted by Crippen LogP contribution is -2.47. The van der Waals surface area contributed by atoms with E-state index in [4.69, 9.17) is 21.1 Å². The van der Waals surface area contributed by atoms with E-state index < -0.39 is 22.0 Å². The van der Waals surface area contributed by atoms with E-state index >= 15 is 0 Å². The minimum absolute atomic E-state index is 0.258. The Morgan fingerprint density at radius 2 is 1.79 bits per heavy atom. The van der Waals surface area contributed by atoms with Gasteiger partial charge in [-0.25, -0.2) is 8.42 Å². The molecule has 1 amide bonds. The number of carbonyl (C=O) groups excluding carboxylic acids is 1. The van der Waals surface area contributed by atoms with Gasteiger partial charge >= 0.3 is 0 Å². The molecule has 0 aliphatic rings. The monoisotopic (exact) mass is 426 g/mol. The van der Waals surface area contributed by atoms with Gasteiger partial charge in [-0.1, -0.05) is 18.5 Å². The second-order valence-electron chi connectivity index (χ2n) is 6.01. The van der Waals surface area contributed by atoms with Gasteiger partial charge in [-0.2, -0.15) is 0 Å². The number of sulfonamides is 1. The van der Waals surface area contributed by atoms with Gasteiger partial charge in [-0.15, -0.1) is 0 Å². The van der Waals surface area contributed by atoms with Crippen LogP contribution in [0.3, 0.4) is 0 Å². The van der Waals surface area contributed by atoms with Crippen molar-refractivity contribution >= 4 is 38.9 Å². The van der Waals surface area contributed by atoms with Gasteiger partial charge < -0.3 is 14.8 Å². The van der Waals surface area contributed by atoms with E-state index in [1.807, 2.05) is 0 Å². The highest BCUT2D eigenvalue weighted by atomic mass is 35.5. The summed E-state index contributed by atoms with van der Waals surface area (Å²) in [6, 6.07) is 10.3.